The van der Waals surface area contributed by atoms with Gasteiger partial charge in [0.15, 0.2) is 6.61 Å². The van der Waals surface area contributed by atoms with Gasteiger partial charge in [-0.25, -0.2) is 4.79 Å². The number of para-hydroxylation sites is 1. The lowest BCUT2D eigenvalue weighted by Gasteiger charge is -2.25. The first kappa shape index (κ1) is 21.0. The first-order valence-corrected chi connectivity index (χ1v) is 8.37. The van der Waals surface area contributed by atoms with Crippen LogP contribution in [0, 0.1) is 0 Å². The zero-order valence-corrected chi connectivity index (χ0v) is 15.6. The third kappa shape index (κ3) is 7.16. The van der Waals surface area contributed by atoms with Gasteiger partial charge >= 0.3 is 5.97 Å². The molecular formula is C20H26ClNO3. The van der Waals surface area contributed by atoms with Crippen molar-refractivity contribution in [2.75, 3.05) is 26.2 Å². The van der Waals surface area contributed by atoms with Crippen LogP contribution in [0.3, 0.4) is 0 Å². The fraction of sp³-hybridized carbons (Fsp3) is 0.350. The normalized spacial score (nSPS) is 11.5. The second kappa shape index (κ2) is 11.5. The Kier molecular flexibility index (Phi) is 9.66. The number of ether oxygens (including phenoxy) is 2. The summed E-state index contributed by atoms with van der Waals surface area (Å²) in [5.74, 6) is 0.300. The number of hydrogen-bond donors (Lipinski definition) is 0. The molecule has 25 heavy (non-hydrogen) atoms. The molecule has 0 aromatic heterocycles. The third-order valence-corrected chi connectivity index (χ3v) is 3.86. The largest absolute Gasteiger partial charge is 0.482 e. The average Bonchev–Trinajstić information content (AvgIpc) is 2.65. The van der Waals surface area contributed by atoms with Crippen LogP contribution in [0.1, 0.15) is 25.5 Å². The van der Waals surface area contributed by atoms with Crippen LogP contribution < -0.4 is 4.74 Å². The molecule has 136 valence electrons. The molecule has 0 radical (unpaired) electrons. The van der Waals surface area contributed by atoms with Crippen molar-refractivity contribution in [3.05, 3.63) is 66.2 Å². The van der Waals surface area contributed by atoms with Gasteiger partial charge < -0.3 is 9.47 Å². The summed E-state index contributed by atoms with van der Waals surface area (Å²) in [4.78, 5) is 14.4. The van der Waals surface area contributed by atoms with Gasteiger partial charge in [-0.05, 0) is 30.8 Å². The molecular weight excluding hydrogens is 338 g/mol. The van der Waals surface area contributed by atoms with Crippen LogP contribution in [-0.4, -0.2) is 37.1 Å². The molecule has 0 bridgehead atoms. The van der Waals surface area contributed by atoms with Gasteiger partial charge in [-0.1, -0.05) is 62.4 Å². The molecule has 2 aromatic carbocycles. The summed E-state index contributed by atoms with van der Waals surface area (Å²) in [6, 6.07) is 19.1. The molecule has 0 aliphatic carbocycles. The molecule has 0 aliphatic rings. The van der Waals surface area contributed by atoms with E-state index in [4.69, 9.17) is 9.47 Å². The van der Waals surface area contributed by atoms with Crippen molar-refractivity contribution in [3.63, 3.8) is 0 Å². The number of carbonyl (C=O) groups is 1. The van der Waals surface area contributed by atoms with E-state index in [2.05, 4.69) is 18.7 Å². The SMILES string of the molecule is CCN(CC)CC(OC(=O)COc1ccccc1)c1ccccc1.Cl. The minimum Gasteiger partial charge on any atom is -0.482 e. The average molecular weight is 364 g/mol. The van der Waals surface area contributed by atoms with Crippen LogP contribution in [0.4, 0.5) is 0 Å². The van der Waals surface area contributed by atoms with Crippen LogP contribution >= 0.6 is 12.4 Å². The van der Waals surface area contributed by atoms with Gasteiger partial charge in [0.1, 0.15) is 11.9 Å². The van der Waals surface area contributed by atoms with Gasteiger partial charge in [0.05, 0.1) is 0 Å². The summed E-state index contributed by atoms with van der Waals surface area (Å²) in [5, 5.41) is 0. The molecule has 0 saturated heterocycles. The van der Waals surface area contributed by atoms with E-state index in [0.717, 1.165) is 18.7 Å². The molecule has 0 fully saturated rings. The lowest BCUT2D eigenvalue weighted by molar-refractivity contribution is -0.152. The Morgan fingerprint density at radius 1 is 0.960 bits per heavy atom. The van der Waals surface area contributed by atoms with Crippen molar-refractivity contribution in [2.24, 2.45) is 0 Å². The van der Waals surface area contributed by atoms with Crippen molar-refractivity contribution in [3.8, 4) is 5.75 Å². The molecule has 2 aromatic rings. The lowest BCUT2D eigenvalue weighted by Crippen LogP contribution is -2.31. The fourth-order valence-electron chi connectivity index (χ4n) is 2.45. The minimum absolute atomic E-state index is 0. The molecule has 1 atom stereocenters. The van der Waals surface area contributed by atoms with Crippen LogP contribution in [0.15, 0.2) is 60.7 Å². The predicted molar refractivity (Wildman–Crippen MR) is 102 cm³/mol. The van der Waals surface area contributed by atoms with Gasteiger partial charge in [-0.3, -0.25) is 4.90 Å². The molecule has 0 amide bonds. The fourth-order valence-corrected chi connectivity index (χ4v) is 2.45. The minimum atomic E-state index is -0.361. The molecule has 4 nitrogen and oxygen atoms in total. The summed E-state index contributed by atoms with van der Waals surface area (Å²) in [6.07, 6.45) is -0.294. The highest BCUT2D eigenvalue weighted by molar-refractivity contribution is 5.85. The highest BCUT2D eigenvalue weighted by Crippen LogP contribution is 2.19. The van der Waals surface area contributed by atoms with Crippen molar-refractivity contribution >= 4 is 18.4 Å². The second-order valence-electron chi connectivity index (χ2n) is 5.48. The summed E-state index contributed by atoms with van der Waals surface area (Å²) < 4.78 is 11.2. The molecule has 0 aliphatic heterocycles. The number of esters is 1. The first-order chi connectivity index (χ1) is 11.7. The van der Waals surface area contributed by atoms with Crippen molar-refractivity contribution < 1.29 is 14.3 Å². The molecule has 1 unspecified atom stereocenters. The standard InChI is InChI=1S/C20H25NO3.ClH/c1-3-21(4-2)15-19(17-11-7-5-8-12-17)24-20(22)16-23-18-13-9-6-10-14-18;/h5-14,19H,3-4,15-16H2,1-2H3;1H. The Labute approximate surface area is 156 Å². The van der Waals surface area contributed by atoms with Gasteiger partial charge in [-0.15, -0.1) is 12.4 Å². The van der Waals surface area contributed by atoms with Gasteiger partial charge in [0.2, 0.25) is 0 Å². The van der Waals surface area contributed by atoms with Gasteiger partial charge in [0.25, 0.3) is 0 Å². The Morgan fingerprint density at radius 3 is 2.08 bits per heavy atom. The molecule has 2 rings (SSSR count). The Bertz CT molecular complexity index is 603. The molecule has 5 heteroatoms. The van der Waals surface area contributed by atoms with Crippen LogP contribution in [0.2, 0.25) is 0 Å². The van der Waals surface area contributed by atoms with E-state index in [1.54, 1.807) is 0 Å². The Hall–Kier alpha value is -2.04. The van der Waals surface area contributed by atoms with Crippen LogP contribution in [0.5, 0.6) is 5.75 Å². The predicted octanol–water partition coefficient (Wildman–Crippen LogP) is 4.11. The second-order valence-corrected chi connectivity index (χ2v) is 5.48. The van der Waals surface area contributed by atoms with Crippen molar-refractivity contribution in [1.29, 1.82) is 0 Å². The number of benzene rings is 2. The number of halogens is 1. The topological polar surface area (TPSA) is 38.8 Å². The quantitative estimate of drug-likeness (QED) is 0.628. The van der Waals surface area contributed by atoms with Gasteiger partial charge in [0, 0.05) is 6.54 Å². The number of nitrogens with zero attached hydrogens (tertiary/aromatic N) is 1. The third-order valence-electron chi connectivity index (χ3n) is 3.86. The Morgan fingerprint density at radius 2 is 1.52 bits per heavy atom. The summed E-state index contributed by atoms with van der Waals surface area (Å²) >= 11 is 0. The van der Waals surface area contributed by atoms with E-state index in [9.17, 15) is 4.79 Å². The number of likely N-dealkylation sites (N-methyl/N-ethyl adjacent to an activating group) is 1. The highest BCUT2D eigenvalue weighted by atomic mass is 35.5. The number of hydrogen-bond acceptors (Lipinski definition) is 4. The van der Waals surface area contributed by atoms with E-state index >= 15 is 0 Å². The maximum Gasteiger partial charge on any atom is 0.344 e. The van der Waals surface area contributed by atoms with Crippen LogP contribution in [-0.2, 0) is 9.53 Å². The number of carbonyl (C=O) groups excluding carboxylic acids is 1. The van der Waals surface area contributed by atoms with Gasteiger partial charge in [-0.2, -0.15) is 0 Å². The van der Waals surface area contributed by atoms with E-state index in [1.165, 1.54) is 0 Å². The monoisotopic (exact) mass is 363 g/mol. The summed E-state index contributed by atoms with van der Waals surface area (Å²) in [5.41, 5.74) is 0.998. The van der Waals surface area contributed by atoms with Crippen molar-refractivity contribution in [1.82, 2.24) is 4.90 Å². The maximum atomic E-state index is 12.2. The molecule has 0 heterocycles. The maximum absolute atomic E-state index is 12.2. The van der Waals surface area contributed by atoms with E-state index in [-0.39, 0.29) is 31.1 Å². The first-order valence-electron chi connectivity index (χ1n) is 8.37. The highest BCUT2D eigenvalue weighted by Gasteiger charge is 2.19. The van der Waals surface area contributed by atoms with E-state index < -0.39 is 0 Å². The zero-order valence-electron chi connectivity index (χ0n) is 14.8. The lowest BCUT2D eigenvalue weighted by atomic mass is 10.1. The van der Waals surface area contributed by atoms with Crippen LogP contribution in [0.25, 0.3) is 0 Å². The Balaban J connectivity index is 0.00000312. The molecule has 0 N–H and O–H groups in total. The number of rotatable bonds is 9. The molecule has 0 spiro atoms. The summed E-state index contributed by atoms with van der Waals surface area (Å²) in [6.45, 7) is 6.62. The molecule has 0 saturated carbocycles. The smallest absolute Gasteiger partial charge is 0.344 e. The van der Waals surface area contributed by atoms with Crippen molar-refractivity contribution in [2.45, 2.75) is 20.0 Å². The summed E-state index contributed by atoms with van der Waals surface area (Å²) in [7, 11) is 0. The van der Waals surface area contributed by atoms with E-state index in [1.807, 2.05) is 60.7 Å². The zero-order chi connectivity index (χ0) is 17.2. The van der Waals surface area contributed by atoms with E-state index in [0.29, 0.717) is 12.3 Å².